The van der Waals surface area contributed by atoms with Crippen LogP contribution in [-0.2, 0) is 4.79 Å². The number of nitrogens with zero attached hydrogens (tertiary/aromatic N) is 2. The lowest BCUT2D eigenvalue weighted by Crippen LogP contribution is -2.45. The van der Waals surface area contributed by atoms with Crippen LogP contribution < -0.4 is 10.6 Å². The van der Waals surface area contributed by atoms with Gasteiger partial charge in [0.25, 0.3) is 5.91 Å². The average molecular weight is 313 g/mol. The van der Waals surface area contributed by atoms with E-state index in [1.165, 1.54) is 19.3 Å². The van der Waals surface area contributed by atoms with E-state index in [1.807, 2.05) is 0 Å². The summed E-state index contributed by atoms with van der Waals surface area (Å²) in [6.07, 6.45) is 1.71. The van der Waals surface area contributed by atoms with E-state index in [0.717, 1.165) is 4.40 Å². The molecule has 2 N–H and O–H groups in total. The highest BCUT2D eigenvalue weighted by molar-refractivity contribution is 6.30. The van der Waals surface area contributed by atoms with Crippen molar-refractivity contribution in [2.45, 2.75) is 19.4 Å². The highest BCUT2D eigenvalue weighted by Crippen LogP contribution is 2.15. The molecule has 0 aliphatic carbocycles. The molecule has 0 saturated heterocycles. The van der Waals surface area contributed by atoms with Gasteiger partial charge >= 0.3 is 0 Å². The molecule has 0 aromatic carbocycles. The molecule has 2 rings (SSSR count). The summed E-state index contributed by atoms with van der Waals surface area (Å²) in [5.41, 5.74) is -0.116. The third-order valence-electron chi connectivity index (χ3n) is 3.02. The van der Waals surface area contributed by atoms with Gasteiger partial charge in [-0.05, 0) is 18.6 Å². The quantitative estimate of drug-likeness (QED) is 0.895. The van der Waals surface area contributed by atoms with E-state index in [-0.39, 0.29) is 17.2 Å². The number of hydrogen-bond donors (Lipinski definition) is 2. The Kier molecular flexibility index (Phi) is 4.42. The molecule has 21 heavy (non-hydrogen) atoms. The van der Waals surface area contributed by atoms with Gasteiger partial charge in [0.05, 0.1) is 5.02 Å². The second-order valence-corrected chi connectivity index (χ2v) is 4.81. The zero-order valence-electron chi connectivity index (χ0n) is 11.5. The minimum Gasteiger partial charge on any atom is -0.357 e. The number of carbonyl (C=O) groups is 2. The van der Waals surface area contributed by atoms with Gasteiger partial charge in [0.1, 0.15) is 11.7 Å². The molecule has 2 heterocycles. The molecule has 112 valence electrons. The molecule has 8 heteroatoms. The van der Waals surface area contributed by atoms with Crippen LogP contribution in [0.4, 0.5) is 4.39 Å². The van der Waals surface area contributed by atoms with E-state index in [4.69, 9.17) is 11.6 Å². The molecular weight excluding hydrogens is 299 g/mol. The van der Waals surface area contributed by atoms with Crippen molar-refractivity contribution in [1.82, 2.24) is 20.0 Å². The smallest absolute Gasteiger partial charge is 0.275 e. The maximum absolute atomic E-state index is 14.2. The maximum Gasteiger partial charge on any atom is 0.275 e. The van der Waals surface area contributed by atoms with E-state index in [9.17, 15) is 14.0 Å². The van der Waals surface area contributed by atoms with Gasteiger partial charge in [0.15, 0.2) is 5.69 Å². The monoisotopic (exact) mass is 312 g/mol. The Labute approximate surface area is 125 Å². The first-order valence-electron chi connectivity index (χ1n) is 6.33. The van der Waals surface area contributed by atoms with Crippen LogP contribution in [0.1, 0.15) is 23.8 Å². The molecule has 0 radical (unpaired) electrons. The van der Waals surface area contributed by atoms with Crippen LogP contribution in [0.15, 0.2) is 18.3 Å². The molecule has 1 atom stereocenters. The van der Waals surface area contributed by atoms with Gasteiger partial charge in [0, 0.05) is 13.2 Å². The minimum absolute atomic E-state index is 0.259. The molecule has 2 aromatic heterocycles. The van der Waals surface area contributed by atoms with Gasteiger partial charge in [0.2, 0.25) is 11.9 Å². The van der Waals surface area contributed by atoms with Crippen molar-refractivity contribution >= 4 is 29.1 Å². The zero-order chi connectivity index (χ0) is 15.6. The van der Waals surface area contributed by atoms with Crippen molar-refractivity contribution in [3.05, 3.63) is 35.0 Å². The highest BCUT2D eigenvalue weighted by atomic mass is 35.5. The second-order valence-electron chi connectivity index (χ2n) is 4.38. The van der Waals surface area contributed by atoms with Crippen LogP contribution >= 0.6 is 11.6 Å². The summed E-state index contributed by atoms with van der Waals surface area (Å²) in [6, 6.07) is 2.30. The Morgan fingerprint density at radius 1 is 1.48 bits per heavy atom. The lowest BCUT2D eigenvalue weighted by Gasteiger charge is -2.14. The summed E-state index contributed by atoms with van der Waals surface area (Å²) in [5, 5.41) is 5.20. The predicted octanol–water partition coefficient (Wildman–Crippen LogP) is 1.38. The van der Waals surface area contributed by atoms with E-state index >= 15 is 0 Å². The van der Waals surface area contributed by atoms with Crippen LogP contribution in [0.25, 0.3) is 5.65 Å². The number of imidazole rings is 1. The summed E-state index contributed by atoms with van der Waals surface area (Å²) in [6.45, 7) is 1.74. The first kappa shape index (κ1) is 15.2. The maximum atomic E-state index is 14.2. The fourth-order valence-corrected chi connectivity index (χ4v) is 2.05. The highest BCUT2D eigenvalue weighted by Gasteiger charge is 2.24. The van der Waals surface area contributed by atoms with Crippen LogP contribution in [0.5, 0.6) is 0 Å². The van der Waals surface area contributed by atoms with E-state index in [2.05, 4.69) is 15.6 Å². The number of aromatic nitrogens is 2. The lowest BCUT2D eigenvalue weighted by atomic mass is 10.2. The summed E-state index contributed by atoms with van der Waals surface area (Å²) in [7, 11) is 1.46. The molecule has 0 aliphatic heterocycles. The van der Waals surface area contributed by atoms with Gasteiger partial charge < -0.3 is 10.6 Å². The molecule has 0 bridgehead atoms. The molecule has 0 saturated carbocycles. The standard InChI is InChI=1S/C13H14ClFN4O2/c1-3-8(12(20)16-2)17-13(21)10-11(15)19-6-7(14)4-5-9(19)18-10/h4-6,8H,3H2,1-2H3,(H,16,20)(H,17,21). The van der Waals surface area contributed by atoms with Crippen molar-refractivity contribution in [2.75, 3.05) is 7.05 Å². The topological polar surface area (TPSA) is 75.5 Å². The summed E-state index contributed by atoms with van der Waals surface area (Å²) in [4.78, 5) is 27.5. The summed E-state index contributed by atoms with van der Waals surface area (Å²) >= 11 is 5.78. The number of halogens is 2. The number of rotatable bonds is 4. The lowest BCUT2D eigenvalue weighted by molar-refractivity contribution is -0.122. The van der Waals surface area contributed by atoms with Gasteiger partial charge in [-0.15, -0.1) is 0 Å². The van der Waals surface area contributed by atoms with Crippen molar-refractivity contribution in [2.24, 2.45) is 0 Å². The van der Waals surface area contributed by atoms with E-state index in [0.29, 0.717) is 11.4 Å². The molecular formula is C13H14ClFN4O2. The SMILES string of the molecule is CCC(NC(=O)c1nc2ccc(Cl)cn2c1F)C(=O)NC. The molecule has 1 unspecified atom stereocenters. The van der Waals surface area contributed by atoms with Crippen LogP contribution in [0.2, 0.25) is 5.02 Å². The number of pyridine rings is 1. The number of carbonyl (C=O) groups excluding carboxylic acids is 2. The van der Waals surface area contributed by atoms with Crippen LogP contribution in [0.3, 0.4) is 0 Å². The predicted molar refractivity (Wildman–Crippen MR) is 75.8 cm³/mol. The normalized spacial score (nSPS) is 12.2. The average Bonchev–Trinajstić information content (AvgIpc) is 2.80. The Morgan fingerprint density at radius 2 is 2.19 bits per heavy atom. The van der Waals surface area contributed by atoms with Gasteiger partial charge in [-0.1, -0.05) is 18.5 Å². The number of nitrogens with one attached hydrogen (secondary N) is 2. The first-order chi connectivity index (χ1) is 9.97. The number of hydrogen-bond acceptors (Lipinski definition) is 3. The Morgan fingerprint density at radius 3 is 2.81 bits per heavy atom. The third-order valence-corrected chi connectivity index (χ3v) is 3.24. The fourth-order valence-electron chi connectivity index (χ4n) is 1.89. The Balaban J connectivity index is 2.31. The molecule has 0 spiro atoms. The molecule has 0 aliphatic rings. The molecule has 2 aromatic rings. The van der Waals surface area contributed by atoms with Gasteiger partial charge in [-0.25, -0.2) is 4.98 Å². The Hall–Kier alpha value is -2.15. The van der Waals surface area contributed by atoms with Crippen molar-refractivity contribution in [3.63, 3.8) is 0 Å². The molecule has 2 amide bonds. The largest absolute Gasteiger partial charge is 0.357 e. The second kappa shape index (κ2) is 6.09. The summed E-state index contributed by atoms with van der Waals surface area (Å²) < 4.78 is 15.3. The van der Waals surface area contributed by atoms with Crippen molar-refractivity contribution in [3.8, 4) is 0 Å². The van der Waals surface area contributed by atoms with E-state index in [1.54, 1.807) is 13.0 Å². The fraction of sp³-hybridized carbons (Fsp3) is 0.308. The van der Waals surface area contributed by atoms with Crippen molar-refractivity contribution < 1.29 is 14.0 Å². The van der Waals surface area contributed by atoms with Gasteiger partial charge in [-0.3, -0.25) is 14.0 Å². The number of likely N-dealkylation sites (N-methyl/N-ethyl adjacent to an activating group) is 1. The molecule has 6 nitrogen and oxygen atoms in total. The number of amides is 2. The number of fused-ring (bicyclic) bond motifs is 1. The van der Waals surface area contributed by atoms with Gasteiger partial charge in [-0.2, -0.15) is 4.39 Å². The van der Waals surface area contributed by atoms with Crippen LogP contribution in [0, 0.1) is 5.95 Å². The first-order valence-corrected chi connectivity index (χ1v) is 6.71. The van der Waals surface area contributed by atoms with Crippen molar-refractivity contribution in [1.29, 1.82) is 0 Å². The summed E-state index contributed by atoms with van der Waals surface area (Å²) in [5.74, 6) is -1.92. The third kappa shape index (κ3) is 2.97. The van der Waals surface area contributed by atoms with Crippen LogP contribution in [-0.4, -0.2) is 34.3 Å². The minimum atomic E-state index is -0.822. The Bertz CT molecular complexity index is 701. The zero-order valence-corrected chi connectivity index (χ0v) is 12.2. The molecule has 0 fully saturated rings. The van der Waals surface area contributed by atoms with E-state index < -0.39 is 17.9 Å².